The Hall–Kier alpha value is -4.56. The van der Waals surface area contributed by atoms with E-state index >= 15 is 0 Å². The molecule has 4 aromatic rings. The number of nitrogens with one attached hydrogen (secondary N) is 1. The van der Waals surface area contributed by atoms with Gasteiger partial charge in [-0.1, -0.05) is 44.2 Å². The van der Waals surface area contributed by atoms with Crippen molar-refractivity contribution in [3.05, 3.63) is 130 Å². The fourth-order valence-corrected chi connectivity index (χ4v) is 5.34. The molecule has 1 aromatic heterocycles. The average Bonchev–Trinajstić information content (AvgIpc) is 3.02. The van der Waals surface area contributed by atoms with Crippen LogP contribution >= 0.6 is 0 Å². The highest BCUT2D eigenvalue weighted by Gasteiger charge is 2.26. The van der Waals surface area contributed by atoms with Gasteiger partial charge in [0, 0.05) is 36.0 Å². The molecular weight excluding hydrogens is 569 g/mol. The number of carbonyl (C=O) groups is 2. The Kier molecular flexibility index (Phi) is 11.8. The number of benzene rings is 3. The van der Waals surface area contributed by atoms with Gasteiger partial charge in [-0.3, -0.25) is 14.6 Å². The molecule has 0 aliphatic rings. The largest absolute Gasteiger partial charge is 0.489 e. The number of ether oxygens (including phenoxy) is 1. The van der Waals surface area contributed by atoms with Gasteiger partial charge in [0.1, 0.15) is 24.3 Å². The quantitative estimate of drug-likeness (QED) is 0.165. The van der Waals surface area contributed by atoms with Gasteiger partial charge in [-0.15, -0.1) is 0 Å². The van der Waals surface area contributed by atoms with Crippen LogP contribution in [-0.2, 0) is 13.0 Å². The van der Waals surface area contributed by atoms with Crippen LogP contribution in [0.3, 0.4) is 0 Å². The third-order valence-corrected chi connectivity index (χ3v) is 7.42. The topological polar surface area (TPSA) is 91.8 Å². The van der Waals surface area contributed by atoms with Gasteiger partial charge in [-0.05, 0) is 98.3 Å². The number of amides is 2. The van der Waals surface area contributed by atoms with Gasteiger partial charge >= 0.3 is 0 Å². The highest BCUT2D eigenvalue weighted by Crippen LogP contribution is 2.22. The molecule has 3 aromatic carbocycles. The maximum absolute atomic E-state index is 14.3. The van der Waals surface area contributed by atoms with Gasteiger partial charge in [-0.2, -0.15) is 0 Å². The minimum atomic E-state index is -1.20. The molecule has 0 aliphatic heterocycles. The number of aliphatic hydroxyl groups excluding tert-OH is 1. The number of aliphatic hydroxyl groups is 1. The Labute approximate surface area is 265 Å². The van der Waals surface area contributed by atoms with Crippen molar-refractivity contribution in [1.82, 2.24) is 15.2 Å². The predicted octanol–water partition coefficient (Wildman–Crippen LogP) is 6.75. The normalized spacial score (nSPS) is 12.3. The number of carbonyl (C=O) groups excluding carboxylic acids is 2. The maximum atomic E-state index is 14.3. The minimum absolute atomic E-state index is 0.121. The molecule has 0 aliphatic carbocycles. The lowest BCUT2D eigenvalue weighted by atomic mass is 9.96. The molecule has 0 fully saturated rings. The monoisotopic (exact) mass is 611 g/mol. The molecule has 2 amide bonds. The summed E-state index contributed by atoms with van der Waals surface area (Å²) in [6.45, 7) is 9.25. The van der Waals surface area contributed by atoms with E-state index in [0.29, 0.717) is 42.1 Å². The molecule has 2 unspecified atom stereocenters. The van der Waals surface area contributed by atoms with Crippen molar-refractivity contribution in [3.63, 3.8) is 0 Å². The van der Waals surface area contributed by atoms with Crippen molar-refractivity contribution in [2.45, 2.75) is 65.7 Å². The summed E-state index contributed by atoms with van der Waals surface area (Å²) in [6.07, 6.45) is 2.25. The number of pyridine rings is 1. The zero-order chi connectivity index (χ0) is 32.3. The fraction of sp³-hybridized carbons (Fsp3) is 0.324. The molecule has 0 radical (unpaired) electrons. The van der Waals surface area contributed by atoms with E-state index in [9.17, 15) is 19.1 Å². The van der Waals surface area contributed by atoms with Crippen LogP contribution in [-0.4, -0.2) is 45.9 Å². The summed E-state index contributed by atoms with van der Waals surface area (Å²) in [6, 6.07) is 21.9. The van der Waals surface area contributed by atoms with Gasteiger partial charge in [0.2, 0.25) is 0 Å². The van der Waals surface area contributed by atoms with Gasteiger partial charge in [0.25, 0.3) is 11.8 Å². The molecule has 45 heavy (non-hydrogen) atoms. The average molecular weight is 612 g/mol. The maximum Gasteiger partial charge on any atom is 0.253 e. The van der Waals surface area contributed by atoms with Crippen molar-refractivity contribution in [2.24, 2.45) is 0 Å². The van der Waals surface area contributed by atoms with Crippen LogP contribution in [0.4, 0.5) is 4.39 Å². The summed E-state index contributed by atoms with van der Waals surface area (Å²) >= 11 is 0. The van der Waals surface area contributed by atoms with E-state index in [-0.39, 0.29) is 12.3 Å². The van der Waals surface area contributed by atoms with Gasteiger partial charge in [0.15, 0.2) is 0 Å². The Morgan fingerprint density at radius 3 is 2.22 bits per heavy atom. The lowest BCUT2D eigenvalue weighted by Crippen LogP contribution is -2.41. The molecule has 0 spiro atoms. The van der Waals surface area contributed by atoms with Crippen molar-refractivity contribution in [3.8, 4) is 5.75 Å². The molecule has 4 rings (SSSR count). The fourth-order valence-electron chi connectivity index (χ4n) is 5.34. The zero-order valence-corrected chi connectivity index (χ0v) is 26.4. The number of aromatic nitrogens is 1. The number of rotatable bonds is 14. The SMILES string of the molecule is CCCN(CCC)C(=O)c1cc(C)cc(C(=O)NC(Cc2cc(C)cc(F)c2)C(O)c2ccc(COc3ccccc3)cn2)c1. The first-order chi connectivity index (χ1) is 21.7. The zero-order valence-electron chi connectivity index (χ0n) is 26.4. The van der Waals surface area contributed by atoms with Gasteiger partial charge < -0.3 is 20.1 Å². The van der Waals surface area contributed by atoms with E-state index < -0.39 is 23.9 Å². The number of hydrogen-bond donors (Lipinski definition) is 2. The Morgan fingerprint density at radius 1 is 0.889 bits per heavy atom. The molecule has 2 N–H and O–H groups in total. The molecule has 1 heterocycles. The number of hydrogen-bond acceptors (Lipinski definition) is 5. The molecule has 0 saturated carbocycles. The molecule has 0 bridgehead atoms. The first-order valence-corrected chi connectivity index (χ1v) is 15.5. The Morgan fingerprint density at radius 2 is 1.58 bits per heavy atom. The van der Waals surface area contributed by atoms with Crippen LogP contribution in [0, 0.1) is 19.7 Å². The Bertz CT molecular complexity index is 1550. The summed E-state index contributed by atoms with van der Waals surface area (Å²) in [7, 11) is 0. The third kappa shape index (κ3) is 9.46. The molecule has 7 nitrogen and oxygen atoms in total. The smallest absolute Gasteiger partial charge is 0.253 e. The molecular formula is C37H42FN3O4. The van der Waals surface area contributed by atoms with Crippen LogP contribution in [0.2, 0.25) is 0 Å². The lowest BCUT2D eigenvalue weighted by Gasteiger charge is -2.25. The second-order valence-electron chi connectivity index (χ2n) is 11.4. The van der Waals surface area contributed by atoms with Gasteiger partial charge in [-0.25, -0.2) is 4.39 Å². The summed E-state index contributed by atoms with van der Waals surface area (Å²) in [5.41, 5.74) is 4.04. The molecule has 236 valence electrons. The first kappa shape index (κ1) is 33.3. The van der Waals surface area contributed by atoms with E-state index in [4.69, 9.17) is 4.74 Å². The number of nitrogens with zero attached hydrogens (tertiary/aromatic N) is 2. The molecule has 2 atom stereocenters. The van der Waals surface area contributed by atoms with Crippen LogP contribution in [0.25, 0.3) is 0 Å². The summed E-state index contributed by atoms with van der Waals surface area (Å²) in [5, 5.41) is 14.5. The van der Waals surface area contributed by atoms with Crippen LogP contribution in [0.15, 0.2) is 85.1 Å². The van der Waals surface area contributed by atoms with Crippen LogP contribution in [0.5, 0.6) is 5.75 Å². The van der Waals surface area contributed by atoms with E-state index in [1.54, 1.807) is 42.3 Å². The van der Waals surface area contributed by atoms with Gasteiger partial charge in [0.05, 0.1) is 11.7 Å². The number of aryl methyl sites for hydroxylation is 2. The van der Waals surface area contributed by atoms with E-state index in [2.05, 4.69) is 10.3 Å². The van der Waals surface area contributed by atoms with Crippen molar-refractivity contribution < 1.29 is 23.8 Å². The molecule has 0 saturated heterocycles. The highest BCUT2D eigenvalue weighted by molar-refractivity contribution is 6.00. The standard InChI is InChI=1S/C37H42FN3O4/c1-5-14-41(15-6-2)37(44)30-18-26(4)17-29(22-30)36(43)40-34(21-28-16-25(3)19-31(38)20-28)35(42)33-13-12-27(23-39-33)24-45-32-10-8-7-9-11-32/h7-13,16-20,22-23,34-35,42H,5-6,14-15,21,24H2,1-4H3,(H,40,43). The predicted molar refractivity (Wildman–Crippen MR) is 174 cm³/mol. The summed E-state index contributed by atoms with van der Waals surface area (Å²) in [5.74, 6) is -0.227. The van der Waals surface area contributed by atoms with Crippen molar-refractivity contribution >= 4 is 11.8 Å². The third-order valence-electron chi connectivity index (χ3n) is 7.42. The van der Waals surface area contributed by atoms with Crippen molar-refractivity contribution in [1.29, 1.82) is 0 Å². The Balaban J connectivity index is 1.57. The lowest BCUT2D eigenvalue weighted by molar-refractivity contribution is 0.0755. The second-order valence-corrected chi connectivity index (χ2v) is 11.4. The first-order valence-electron chi connectivity index (χ1n) is 15.5. The van der Waals surface area contributed by atoms with E-state index in [0.717, 1.165) is 35.3 Å². The number of para-hydroxylation sites is 1. The van der Waals surface area contributed by atoms with E-state index in [1.165, 1.54) is 12.1 Å². The second kappa shape index (κ2) is 16.0. The van der Waals surface area contributed by atoms with E-state index in [1.807, 2.05) is 63.2 Å². The van der Waals surface area contributed by atoms with Crippen LogP contribution < -0.4 is 10.1 Å². The number of halogens is 1. The summed E-state index contributed by atoms with van der Waals surface area (Å²) in [4.78, 5) is 33.3. The highest BCUT2D eigenvalue weighted by atomic mass is 19.1. The van der Waals surface area contributed by atoms with Crippen LogP contribution in [0.1, 0.15) is 81.5 Å². The summed E-state index contributed by atoms with van der Waals surface area (Å²) < 4.78 is 20.1. The molecule has 8 heteroatoms. The van der Waals surface area contributed by atoms with Crippen molar-refractivity contribution in [2.75, 3.05) is 13.1 Å². The minimum Gasteiger partial charge on any atom is -0.489 e.